The summed E-state index contributed by atoms with van der Waals surface area (Å²) < 4.78 is 5.56. The lowest BCUT2D eigenvalue weighted by Gasteiger charge is -2.18. The lowest BCUT2D eigenvalue weighted by molar-refractivity contribution is 0.0279. The predicted molar refractivity (Wildman–Crippen MR) is 103 cm³/mol. The monoisotopic (exact) mass is 360 g/mol. The molecule has 0 bridgehead atoms. The molecule has 0 fully saturated rings. The van der Waals surface area contributed by atoms with Crippen molar-refractivity contribution in [3.05, 3.63) is 101 Å². The van der Waals surface area contributed by atoms with Gasteiger partial charge in [-0.25, -0.2) is 4.79 Å². The maximum absolute atomic E-state index is 13.0. The van der Waals surface area contributed by atoms with Gasteiger partial charge in [-0.1, -0.05) is 65.7 Å². The molecular weight excluding hydrogens is 340 g/mol. The van der Waals surface area contributed by atoms with E-state index in [1.54, 1.807) is 30.3 Å². The van der Waals surface area contributed by atoms with Crippen LogP contribution in [-0.2, 0) is 4.74 Å². The van der Waals surface area contributed by atoms with Crippen LogP contribution in [0, 0.1) is 13.8 Å². The quantitative estimate of drug-likeness (QED) is 0.525. The predicted octanol–water partition coefficient (Wildman–Crippen LogP) is 4.79. The van der Waals surface area contributed by atoms with Crippen molar-refractivity contribution >= 4 is 11.8 Å². The highest BCUT2D eigenvalue weighted by molar-refractivity contribution is 6.02. The number of aryl methyl sites for hydroxylation is 2. The van der Waals surface area contributed by atoms with Crippen molar-refractivity contribution in [2.75, 3.05) is 0 Å². The number of carbonyl (C=O) groups excluding carboxylic acids is 2. The number of esters is 1. The third-order valence-corrected chi connectivity index (χ3v) is 4.26. The highest BCUT2D eigenvalue weighted by Gasteiger charge is 2.27. The minimum atomic E-state index is -1.07. The van der Waals surface area contributed by atoms with Gasteiger partial charge in [-0.05, 0) is 32.0 Å². The largest absolute Gasteiger partial charge is 0.508 e. The van der Waals surface area contributed by atoms with Crippen LogP contribution < -0.4 is 0 Å². The summed E-state index contributed by atoms with van der Waals surface area (Å²) in [5.74, 6) is -1.01. The minimum Gasteiger partial charge on any atom is -0.508 e. The van der Waals surface area contributed by atoms with Crippen molar-refractivity contribution in [1.82, 2.24) is 0 Å². The van der Waals surface area contributed by atoms with E-state index in [0.29, 0.717) is 11.1 Å². The molecule has 0 spiro atoms. The SMILES string of the molecule is Cc1ccc(C(=O)C(OC(=O)c2cccc(O)c2)c2ccc(C)cc2)cc1. The summed E-state index contributed by atoms with van der Waals surface area (Å²) in [6, 6.07) is 20.3. The number of aromatic hydroxyl groups is 1. The smallest absolute Gasteiger partial charge is 0.339 e. The van der Waals surface area contributed by atoms with Gasteiger partial charge in [0.05, 0.1) is 5.56 Å². The molecule has 0 aliphatic heterocycles. The first kappa shape index (κ1) is 18.4. The van der Waals surface area contributed by atoms with E-state index in [1.807, 2.05) is 38.1 Å². The summed E-state index contributed by atoms with van der Waals surface area (Å²) in [5.41, 5.74) is 3.33. The second-order valence-electron chi connectivity index (χ2n) is 6.48. The summed E-state index contributed by atoms with van der Waals surface area (Å²) in [6.45, 7) is 3.88. The summed E-state index contributed by atoms with van der Waals surface area (Å²) in [4.78, 5) is 25.6. The number of benzene rings is 3. The number of ketones is 1. The molecule has 0 saturated carbocycles. The number of hydrogen-bond donors (Lipinski definition) is 1. The van der Waals surface area contributed by atoms with E-state index < -0.39 is 12.1 Å². The maximum atomic E-state index is 13.0. The molecule has 3 aromatic rings. The molecule has 0 aromatic heterocycles. The van der Waals surface area contributed by atoms with Gasteiger partial charge in [0.2, 0.25) is 5.78 Å². The average Bonchev–Trinajstić information content (AvgIpc) is 2.67. The maximum Gasteiger partial charge on any atom is 0.339 e. The molecular formula is C23H20O4. The first-order valence-electron chi connectivity index (χ1n) is 8.61. The Labute approximate surface area is 158 Å². The van der Waals surface area contributed by atoms with Gasteiger partial charge in [0, 0.05) is 11.1 Å². The Balaban J connectivity index is 1.94. The summed E-state index contributed by atoms with van der Waals surface area (Å²) in [7, 11) is 0. The van der Waals surface area contributed by atoms with Crippen LogP contribution in [0.1, 0.15) is 43.5 Å². The number of carbonyl (C=O) groups is 2. The first-order valence-corrected chi connectivity index (χ1v) is 8.61. The third kappa shape index (κ3) is 4.42. The summed E-state index contributed by atoms with van der Waals surface area (Å²) in [5, 5.41) is 9.58. The van der Waals surface area contributed by atoms with E-state index in [4.69, 9.17) is 4.74 Å². The van der Waals surface area contributed by atoms with E-state index in [2.05, 4.69) is 0 Å². The van der Waals surface area contributed by atoms with Crippen molar-refractivity contribution in [2.45, 2.75) is 20.0 Å². The molecule has 4 nitrogen and oxygen atoms in total. The zero-order chi connectivity index (χ0) is 19.4. The molecule has 3 rings (SSSR count). The molecule has 0 amide bonds. The zero-order valence-corrected chi connectivity index (χ0v) is 15.2. The lowest BCUT2D eigenvalue weighted by Crippen LogP contribution is -2.20. The fraction of sp³-hybridized carbons (Fsp3) is 0.130. The Morgan fingerprint density at radius 1 is 0.815 bits per heavy atom. The van der Waals surface area contributed by atoms with E-state index in [-0.39, 0.29) is 17.1 Å². The zero-order valence-electron chi connectivity index (χ0n) is 15.2. The lowest BCUT2D eigenvalue weighted by atomic mass is 9.98. The van der Waals surface area contributed by atoms with Gasteiger partial charge < -0.3 is 9.84 Å². The van der Waals surface area contributed by atoms with Crippen molar-refractivity contribution < 1.29 is 19.4 Å². The normalized spacial score (nSPS) is 11.6. The topological polar surface area (TPSA) is 63.6 Å². The second kappa shape index (κ2) is 7.87. The molecule has 1 atom stereocenters. The van der Waals surface area contributed by atoms with E-state index in [1.165, 1.54) is 18.2 Å². The van der Waals surface area contributed by atoms with Crippen LogP contribution in [0.5, 0.6) is 5.75 Å². The molecule has 1 unspecified atom stereocenters. The number of ether oxygens (including phenoxy) is 1. The van der Waals surface area contributed by atoms with Crippen molar-refractivity contribution in [2.24, 2.45) is 0 Å². The highest BCUT2D eigenvalue weighted by atomic mass is 16.5. The third-order valence-electron chi connectivity index (χ3n) is 4.26. The van der Waals surface area contributed by atoms with Crippen LogP contribution in [0.3, 0.4) is 0 Å². The van der Waals surface area contributed by atoms with E-state index in [9.17, 15) is 14.7 Å². The Morgan fingerprint density at radius 3 is 2.00 bits per heavy atom. The van der Waals surface area contributed by atoms with Gasteiger partial charge in [-0.2, -0.15) is 0 Å². The van der Waals surface area contributed by atoms with E-state index >= 15 is 0 Å². The van der Waals surface area contributed by atoms with Crippen molar-refractivity contribution in [3.63, 3.8) is 0 Å². The van der Waals surface area contributed by atoms with Crippen LogP contribution in [-0.4, -0.2) is 16.9 Å². The number of phenolic OH excluding ortho intramolecular Hbond substituents is 1. The van der Waals surface area contributed by atoms with Gasteiger partial charge >= 0.3 is 5.97 Å². The molecule has 0 aliphatic rings. The van der Waals surface area contributed by atoms with Gasteiger partial charge in [-0.3, -0.25) is 4.79 Å². The number of phenols is 1. The van der Waals surface area contributed by atoms with Crippen LogP contribution in [0.2, 0.25) is 0 Å². The Morgan fingerprint density at radius 2 is 1.41 bits per heavy atom. The Kier molecular flexibility index (Phi) is 5.36. The Bertz CT molecular complexity index is 956. The molecule has 0 saturated heterocycles. The molecule has 1 N–H and O–H groups in total. The second-order valence-corrected chi connectivity index (χ2v) is 6.48. The standard InChI is InChI=1S/C23H20O4/c1-15-6-10-17(11-7-15)21(25)22(18-12-8-16(2)9-13-18)27-23(26)19-4-3-5-20(24)14-19/h3-14,22,24H,1-2H3. The summed E-state index contributed by atoms with van der Waals surface area (Å²) in [6.07, 6.45) is -1.07. The van der Waals surface area contributed by atoms with Crippen LogP contribution in [0.25, 0.3) is 0 Å². The number of Topliss-reactive ketones (excluding diaryl/α,β-unsaturated/α-hetero) is 1. The average molecular weight is 360 g/mol. The molecule has 27 heavy (non-hydrogen) atoms. The number of hydrogen-bond acceptors (Lipinski definition) is 4. The molecule has 136 valence electrons. The molecule has 0 aliphatic carbocycles. The molecule has 3 aromatic carbocycles. The minimum absolute atomic E-state index is 0.0406. The summed E-state index contributed by atoms with van der Waals surface area (Å²) >= 11 is 0. The van der Waals surface area contributed by atoms with Crippen LogP contribution in [0.4, 0.5) is 0 Å². The fourth-order valence-corrected chi connectivity index (χ4v) is 2.69. The van der Waals surface area contributed by atoms with Crippen molar-refractivity contribution in [3.8, 4) is 5.75 Å². The molecule has 0 radical (unpaired) electrons. The number of rotatable bonds is 5. The van der Waals surface area contributed by atoms with Gasteiger partial charge in [0.15, 0.2) is 6.10 Å². The van der Waals surface area contributed by atoms with E-state index in [0.717, 1.165) is 11.1 Å². The van der Waals surface area contributed by atoms with Gasteiger partial charge in [0.1, 0.15) is 5.75 Å². The van der Waals surface area contributed by atoms with Gasteiger partial charge in [-0.15, -0.1) is 0 Å². The van der Waals surface area contributed by atoms with Gasteiger partial charge in [0.25, 0.3) is 0 Å². The highest BCUT2D eigenvalue weighted by Crippen LogP contribution is 2.25. The molecule has 4 heteroatoms. The first-order chi connectivity index (χ1) is 12.9. The van der Waals surface area contributed by atoms with Crippen LogP contribution in [0.15, 0.2) is 72.8 Å². The molecule has 0 heterocycles. The van der Waals surface area contributed by atoms with Crippen LogP contribution >= 0.6 is 0 Å². The Hall–Kier alpha value is -3.40. The van der Waals surface area contributed by atoms with Crippen molar-refractivity contribution in [1.29, 1.82) is 0 Å². The fourth-order valence-electron chi connectivity index (χ4n) is 2.69.